The van der Waals surface area contributed by atoms with Gasteiger partial charge < -0.3 is 0 Å². The molecule has 21 heavy (non-hydrogen) atoms. The highest BCUT2D eigenvalue weighted by molar-refractivity contribution is 9.11. The van der Waals surface area contributed by atoms with E-state index < -0.39 is 0 Å². The first-order chi connectivity index (χ1) is 10.1. The fourth-order valence-corrected chi connectivity index (χ4v) is 3.65. The van der Waals surface area contributed by atoms with Crippen LogP contribution in [0.5, 0.6) is 0 Å². The molecule has 0 bridgehead atoms. The van der Waals surface area contributed by atoms with Crippen LogP contribution in [0.3, 0.4) is 0 Å². The molecule has 0 spiro atoms. The molecule has 0 aliphatic rings. The second-order valence-corrected chi connectivity index (χ2v) is 6.59. The Balaban J connectivity index is 2.26. The van der Waals surface area contributed by atoms with Gasteiger partial charge in [-0.05, 0) is 68.3 Å². The van der Waals surface area contributed by atoms with E-state index >= 15 is 0 Å². The van der Waals surface area contributed by atoms with Crippen molar-refractivity contribution in [2.75, 3.05) is 0 Å². The number of benzene rings is 2. The molecule has 0 N–H and O–H groups in total. The molecule has 0 heterocycles. The van der Waals surface area contributed by atoms with E-state index in [1.165, 1.54) is 23.9 Å². The van der Waals surface area contributed by atoms with Crippen molar-refractivity contribution >= 4 is 67.2 Å². The van der Waals surface area contributed by atoms with Crippen LogP contribution in [0.25, 0.3) is 0 Å². The smallest absolute Gasteiger partial charge is 0.211 e. The molecule has 2 aromatic rings. The van der Waals surface area contributed by atoms with Crippen molar-refractivity contribution in [2.24, 2.45) is 9.98 Å². The van der Waals surface area contributed by atoms with Gasteiger partial charge in [-0.2, -0.15) is 9.98 Å². The van der Waals surface area contributed by atoms with Gasteiger partial charge in [0.25, 0.3) is 0 Å². The summed E-state index contributed by atoms with van der Waals surface area (Å²) in [4.78, 5) is 29.7. The predicted molar refractivity (Wildman–Crippen MR) is 88.0 cm³/mol. The highest BCUT2D eigenvalue weighted by Crippen LogP contribution is 2.36. The summed E-state index contributed by atoms with van der Waals surface area (Å²) in [6.07, 6.45) is 3.02. The lowest BCUT2D eigenvalue weighted by Crippen LogP contribution is -1.77. The van der Waals surface area contributed by atoms with Gasteiger partial charge in [-0.25, -0.2) is 9.59 Å². The molecule has 0 aliphatic heterocycles. The van der Waals surface area contributed by atoms with E-state index in [2.05, 4.69) is 41.8 Å². The minimum atomic E-state index is 0.534. The summed E-state index contributed by atoms with van der Waals surface area (Å²) in [5.41, 5.74) is 1.07. The zero-order chi connectivity index (χ0) is 15.2. The Hall–Kier alpha value is -1.49. The van der Waals surface area contributed by atoms with Gasteiger partial charge in [0, 0.05) is 18.7 Å². The van der Waals surface area contributed by atoms with E-state index in [1.54, 1.807) is 12.1 Å². The van der Waals surface area contributed by atoms with Crippen LogP contribution in [0.15, 0.2) is 65.1 Å². The fourth-order valence-electron chi connectivity index (χ4n) is 1.52. The SMILES string of the molecule is O=C=Nc1ccc(Sc2ccc(N=C=O)c(Br)c2)cc1Br. The Kier molecular flexibility index (Phi) is 5.67. The van der Waals surface area contributed by atoms with E-state index in [-0.39, 0.29) is 0 Å². The van der Waals surface area contributed by atoms with Gasteiger partial charge in [0.1, 0.15) is 0 Å². The summed E-state index contributed by atoms with van der Waals surface area (Å²) in [5.74, 6) is 0. The summed E-state index contributed by atoms with van der Waals surface area (Å²) in [7, 11) is 0. The van der Waals surface area contributed by atoms with Crippen LogP contribution in [0, 0.1) is 0 Å². The molecule has 0 amide bonds. The first-order valence-corrected chi connectivity index (χ1v) is 7.97. The predicted octanol–water partition coefficient (Wildman–Crippen LogP) is 5.30. The molecule has 0 saturated carbocycles. The molecule has 4 nitrogen and oxygen atoms in total. The van der Waals surface area contributed by atoms with Gasteiger partial charge in [-0.15, -0.1) is 0 Å². The largest absolute Gasteiger partial charge is 0.240 e. The van der Waals surface area contributed by atoms with Crippen molar-refractivity contribution in [3.63, 3.8) is 0 Å². The van der Waals surface area contributed by atoms with Crippen molar-refractivity contribution < 1.29 is 9.59 Å². The van der Waals surface area contributed by atoms with Crippen LogP contribution in [-0.2, 0) is 9.59 Å². The van der Waals surface area contributed by atoms with Crippen LogP contribution in [0.4, 0.5) is 11.4 Å². The maximum atomic E-state index is 10.3. The number of nitrogens with zero attached hydrogens (tertiary/aromatic N) is 2. The van der Waals surface area contributed by atoms with E-state index in [4.69, 9.17) is 0 Å². The summed E-state index contributed by atoms with van der Waals surface area (Å²) < 4.78 is 1.44. The maximum Gasteiger partial charge on any atom is 0.240 e. The molecule has 0 fully saturated rings. The Morgan fingerprint density at radius 3 is 1.57 bits per heavy atom. The molecular formula is C14H6Br2N2O2S. The number of rotatable bonds is 4. The summed E-state index contributed by atoms with van der Waals surface area (Å²) in [6, 6.07) is 10.9. The minimum absolute atomic E-state index is 0.534. The third-order valence-corrected chi connectivity index (χ3v) is 4.66. The molecular weight excluding hydrogens is 420 g/mol. The van der Waals surface area contributed by atoms with E-state index in [0.29, 0.717) is 11.4 Å². The molecule has 0 saturated heterocycles. The summed E-state index contributed by atoms with van der Waals surface area (Å²) in [5, 5.41) is 0. The number of isocyanates is 2. The highest BCUT2D eigenvalue weighted by atomic mass is 79.9. The molecule has 0 radical (unpaired) electrons. The van der Waals surface area contributed by atoms with E-state index in [1.807, 2.05) is 24.3 Å². The Morgan fingerprint density at radius 1 is 0.810 bits per heavy atom. The molecule has 0 atom stereocenters. The lowest BCUT2D eigenvalue weighted by molar-refractivity contribution is 0.564. The zero-order valence-electron chi connectivity index (χ0n) is 10.3. The minimum Gasteiger partial charge on any atom is -0.211 e. The molecule has 2 rings (SSSR count). The molecule has 2 aromatic carbocycles. The van der Waals surface area contributed by atoms with Crippen LogP contribution in [0.1, 0.15) is 0 Å². The monoisotopic (exact) mass is 424 g/mol. The van der Waals surface area contributed by atoms with Crippen molar-refractivity contribution in [3.05, 3.63) is 45.3 Å². The molecule has 0 unspecified atom stereocenters. The fraction of sp³-hybridized carbons (Fsp3) is 0. The first-order valence-electron chi connectivity index (χ1n) is 5.56. The maximum absolute atomic E-state index is 10.3. The second-order valence-electron chi connectivity index (χ2n) is 3.73. The highest BCUT2D eigenvalue weighted by Gasteiger charge is 2.05. The third-order valence-electron chi connectivity index (χ3n) is 2.41. The van der Waals surface area contributed by atoms with Gasteiger partial charge in [0.2, 0.25) is 12.2 Å². The molecule has 0 aliphatic carbocycles. The van der Waals surface area contributed by atoms with Crippen LogP contribution < -0.4 is 0 Å². The molecule has 7 heteroatoms. The van der Waals surface area contributed by atoms with Gasteiger partial charge in [0.05, 0.1) is 11.4 Å². The average molecular weight is 426 g/mol. The first kappa shape index (κ1) is 15.9. The van der Waals surface area contributed by atoms with Crippen LogP contribution in [-0.4, -0.2) is 12.2 Å². The number of hydrogen-bond donors (Lipinski definition) is 0. The van der Waals surface area contributed by atoms with E-state index in [9.17, 15) is 9.59 Å². The normalized spacial score (nSPS) is 9.62. The van der Waals surface area contributed by atoms with Crippen LogP contribution in [0.2, 0.25) is 0 Å². The van der Waals surface area contributed by atoms with Crippen LogP contribution >= 0.6 is 43.6 Å². The van der Waals surface area contributed by atoms with Crippen molar-refractivity contribution in [2.45, 2.75) is 9.79 Å². The average Bonchev–Trinajstić information content (AvgIpc) is 2.45. The van der Waals surface area contributed by atoms with Gasteiger partial charge in [-0.1, -0.05) is 11.8 Å². The summed E-state index contributed by atoms with van der Waals surface area (Å²) in [6.45, 7) is 0. The Labute approximate surface area is 141 Å². The summed E-state index contributed by atoms with van der Waals surface area (Å²) >= 11 is 8.24. The van der Waals surface area contributed by atoms with Crippen molar-refractivity contribution in [3.8, 4) is 0 Å². The lowest BCUT2D eigenvalue weighted by atomic mass is 10.3. The Bertz CT molecular complexity index is 717. The zero-order valence-corrected chi connectivity index (χ0v) is 14.3. The van der Waals surface area contributed by atoms with Gasteiger partial charge in [-0.3, -0.25) is 0 Å². The number of halogens is 2. The Morgan fingerprint density at radius 2 is 1.24 bits per heavy atom. The quantitative estimate of drug-likeness (QED) is 0.493. The van der Waals surface area contributed by atoms with E-state index in [0.717, 1.165) is 18.7 Å². The molecule has 0 aromatic heterocycles. The van der Waals surface area contributed by atoms with Crippen molar-refractivity contribution in [1.82, 2.24) is 0 Å². The van der Waals surface area contributed by atoms with Gasteiger partial charge in [0.15, 0.2) is 0 Å². The standard InChI is InChI=1S/C14H6Br2N2O2S/c15-11-5-9(1-3-13(11)17-7-19)21-10-2-4-14(18-8-20)12(16)6-10/h1-6H. The number of carbonyl (C=O) groups excluding carboxylic acids is 2. The van der Waals surface area contributed by atoms with Crippen molar-refractivity contribution in [1.29, 1.82) is 0 Å². The third kappa shape index (κ3) is 4.24. The lowest BCUT2D eigenvalue weighted by Gasteiger charge is -2.05. The molecule has 104 valence electrons. The number of aliphatic imine (C=N–C) groups is 2. The number of hydrogen-bond acceptors (Lipinski definition) is 5. The van der Waals surface area contributed by atoms with Gasteiger partial charge >= 0.3 is 0 Å². The topological polar surface area (TPSA) is 58.9 Å². The second kappa shape index (κ2) is 7.50.